The highest BCUT2D eigenvalue weighted by atomic mass is 127. The van der Waals surface area contributed by atoms with Gasteiger partial charge in [-0.25, -0.2) is 24.9 Å². The molecule has 1 amide bonds. The van der Waals surface area contributed by atoms with E-state index in [4.69, 9.17) is 99.1 Å². The van der Waals surface area contributed by atoms with Gasteiger partial charge in [0.2, 0.25) is 0 Å². The maximum atomic E-state index is 12.1. The summed E-state index contributed by atoms with van der Waals surface area (Å²) < 4.78 is 20.8. The number of carbonyl (C=O) groups is 1. The van der Waals surface area contributed by atoms with Gasteiger partial charge in [0.05, 0.1) is 83.6 Å². The van der Waals surface area contributed by atoms with E-state index >= 15 is 0 Å². The number of nitrogens with one attached hydrogen (secondary N) is 3. The van der Waals surface area contributed by atoms with Gasteiger partial charge >= 0.3 is 13.3 Å². The van der Waals surface area contributed by atoms with E-state index in [-0.39, 0.29) is 30.4 Å². The molecule has 0 bridgehead atoms. The zero-order chi connectivity index (χ0) is 92.6. The smallest absolute Gasteiger partial charge is 0.399 e. The molecule has 7 aromatic heterocycles. The van der Waals surface area contributed by atoms with E-state index in [1.54, 1.807) is 49.4 Å². The molecule has 648 valence electrons. The number of carbonyl (C=O) groups excluding carboxylic acids is 3. The third-order valence-electron chi connectivity index (χ3n) is 20.1. The number of rotatable bonds is 5. The van der Waals surface area contributed by atoms with Crippen molar-refractivity contribution in [3.8, 4) is 47.0 Å². The third kappa shape index (κ3) is 26.0. The van der Waals surface area contributed by atoms with Gasteiger partial charge in [-0.1, -0.05) is 161 Å². The van der Waals surface area contributed by atoms with Crippen LogP contribution in [0.15, 0.2) is 302 Å². The lowest BCUT2D eigenvalue weighted by Gasteiger charge is -2.32. The van der Waals surface area contributed by atoms with Crippen LogP contribution in [-0.4, -0.2) is 74.1 Å². The molecule has 0 aliphatic carbocycles. The normalized spacial score (nSPS) is 11.7. The summed E-state index contributed by atoms with van der Waals surface area (Å²) in [6.45, 7) is 15.9. The molecule has 129 heavy (non-hydrogen) atoms. The van der Waals surface area contributed by atoms with Gasteiger partial charge in [-0.2, -0.15) is 9.59 Å². The van der Waals surface area contributed by atoms with E-state index < -0.39 is 0 Å². The number of nitrogens with zero attached hydrogens (tertiary/aromatic N) is 7. The molecular weight excluding hydrogens is 2120 g/mol. The molecule has 18 nitrogen and oxygen atoms in total. The summed E-state index contributed by atoms with van der Waals surface area (Å²) >= 11 is 39.6. The zero-order valence-electron chi connectivity index (χ0n) is 70.8. The molecule has 0 radical (unpaired) electrons. The molecule has 1 fully saturated rings. The number of imidazole rings is 4. The van der Waals surface area contributed by atoms with E-state index in [0.717, 1.165) is 138 Å². The molecule has 28 heteroatoms. The lowest BCUT2D eigenvalue weighted by atomic mass is 9.78. The van der Waals surface area contributed by atoms with Crippen molar-refractivity contribution in [2.45, 2.75) is 66.6 Å². The monoisotopic (exact) mass is 2200 g/mol. The highest BCUT2D eigenvalue weighted by Gasteiger charge is 2.51. The van der Waals surface area contributed by atoms with Crippen LogP contribution in [0.5, 0.6) is 0 Å². The first-order valence-electron chi connectivity index (χ1n) is 39.7. The minimum absolute atomic E-state index is 0.222. The number of pyridine rings is 3. The van der Waals surface area contributed by atoms with E-state index in [2.05, 4.69) is 248 Å². The van der Waals surface area contributed by atoms with Gasteiger partial charge in [-0.15, -0.1) is 18.3 Å². The highest BCUT2D eigenvalue weighted by molar-refractivity contribution is 14.1. The topological polar surface area (TPSA) is 265 Å². The molecule has 20 rings (SSSR count). The number of aromatic nitrogens is 9. The molecule has 0 atom stereocenters. The zero-order valence-corrected chi connectivity index (χ0v) is 82.6. The summed E-state index contributed by atoms with van der Waals surface area (Å²) in [6, 6.07) is 89.5. The van der Waals surface area contributed by atoms with Crippen molar-refractivity contribution < 1.29 is 23.7 Å². The van der Waals surface area contributed by atoms with Crippen molar-refractivity contribution >= 4 is 266 Å². The quantitative estimate of drug-likeness (QED) is 0.0308. The lowest BCUT2D eigenvalue weighted by molar-refractivity contribution is -0.191. The van der Waals surface area contributed by atoms with Gasteiger partial charge in [0.25, 0.3) is 5.91 Å². The van der Waals surface area contributed by atoms with Crippen LogP contribution in [0.3, 0.4) is 0 Å². The number of halogens is 9. The Labute approximate surface area is 821 Å². The molecule has 19 aromatic rings. The number of hydrogen-bond donors (Lipinski definition) is 6. The van der Waals surface area contributed by atoms with E-state index in [1.807, 2.05) is 207 Å². The van der Waals surface area contributed by atoms with Crippen molar-refractivity contribution in [1.82, 2.24) is 43.7 Å². The van der Waals surface area contributed by atoms with Crippen LogP contribution in [0.1, 0.15) is 68.6 Å². The maximum absolute atomic E-state index is 12.1. The fourth-order valence-electron chi connectivity index (χ4n) is 12.8. The number of aryl methyl sites for hydroxylation is 2. The second kappa shape index (κ2) is 46.2. The van der Waals surface area contributed by atoms with Crippen LogP contribution >= 0.6 is 142 Å². The number of H-pyrrole nitrogens is 2. The molecule has 1 saturated heterocycles. The van der Waals surface area contributed by atoms with Crippen LogP contribution in [-0.2, 0) is 18.9 Å². The van der Waals surface area contributed by atoms with Crippen molar-refractivity contribution in [3.05, 3.63) is 360 Å². The van der Waals surface area contributed by atoms with Gasteiger partial charge in [-0.05, 0) is 348 Å². The fraction of sp³-hybridized carbons (Fsp3) is 0.0990. The summed E-state index contributed by atoms with van der Waals surface area (Å²) in [4.78, 5) is 57.7. The minimum Gasteiger partial charge on any atom is -0.399 e. The summed E-state index contributed by atoms with van der Waals surface area (Å²) in [5.41, 5.74) is 35.4. The third-order valence-corrected chi connectivity index (χ3v) is 24.3. The molecule has 0 saturated carbocycles. The number of fused-ring (bicyclic) bond motifs is 12. The predicted molar refractivity (Wildman–Crippen MR) is 563 cm³/mol. The Balaban J connectivity index is 0.000000145. The number of nitrogen functional groups attached to an aromatic ring is 3. The van der Waals surface area contributed by atoms with Crippen LogP contribution in [0, 0.1) is 48.7 Å². The van der Waals surface area contributed by atoms with Crippen molar-refractivity contribution in [3.63, 3.8) is 0 Å². The molecule has 1 aliphatic heterocycles. The molecule has 0 unspecified atom stereocenters. The molecular formula is C101H83BBrCl5I3N13O5. The number of terminal acetylenes is 1. The number of para-hydroxylation sites is 12. The Hall–Kier alpha value is -11.4. The molecule has 12 aromatic carbocycles. The van der Waals surface area contributed by atoms with Gasteiger partial charge in [0.1, 0.15) is 27.5 Å². The highest BCUT2D eigenvalue weighted by Crippen LogP contribution is 2.38. The Bertz CT molecular complexity index is 7230. The number of anilines is 4. The second-order valence-corrected chi connectivity index (χ2v) is 36.0. The van der Waals surface area contributed by atoms with Gasteiger partial charge in [0, 0.05) is 81.9 Å². The molecule has 0 spiro atoms. The average Bonchev–Trinajstić information content (AvgIpc) is 1.62. The first kappa shape index (κ1) is 98.2. The summed E-state index contributed by atoms with van der Waals surface area (Å²) in [5.74, 6) is 9.67. The number of benzene rings is 12. The minimum atomic E-state index is -0.367. The molecule has 8 heterocycles. The second-order valence-electron chi connectivity index (χ2n) is 29.5. The largest absolute Gasteiger partial charge is 0.494 e. The summed E-state index contributed by atoms with van der Waals surface area (Å²) in [6.07, 6.45) is 10.8. The summed E-state index contributed by atoms with van der Waals surface area (Å²) in [5, 5.41) is 10.7. The van der Waals surface area contributed by atoms with Gasteiger partial charge < -0.3 is 41.8 Å². The van der Waals surface area contributed by atoms with Crippen LogP contribution in [0.25, 0.3) is 99.7 Å². The maximum Gasteiger partial charge on any atom is 0.494 e. The van der Waals surface area contributed by atoms with Crippen molar-refractivity contribution in [2.75, 3.05) is 22.5 Å². The SMILES string of the molecule is C#CC.CC#Cc1ccc(Cl)cc1-c1nc2ccccc2[nH]1.CC1(C)OB(c2ccc3ccn4c5ccccc5nc4c3c2)OC1(C)C.Cc1cnc(Br)cc1C.Clc1ccc(I)c(-c2nc3ccccc3[nH]2)c1.Clc1ccc(I)cc1.Clc1ccc2ccn3c4ccccc4nc3c2c1.Nc1ccccc1N.Nc1ccccc1NC(=O)c1cc(Cl)ccc1I.O=C=O. The molecule has 1 aliphatic rings. The lowest BCUT2D eigenvalue weighted by Crippen LogP contribution is -2.41. The van der Waals surface area contributed by atoms with Crippen LogP contribution in [0.4, 0.5) is 22.7 Å². The van der Waals surface area contributed by atoms with Crippen molar-refractivity contribution in [2.24, 2.45) is 0 Å². The van der Waals surface area contributed by atoms with E-state index in [9.17, 15) is 4.79 Å². The Morgan fingerprint density at radius 1 is 0.496 bits per heavy atom. The molecule has 9 N–H and O–H groups in total. The van der Waals surface area contributed by atoms with Crippen molar-refractivity contribution in [1.29, 1.82) is 0 Å². The Morgan fingerprint density at radius 2 is 0.930 bits per heavy atom. The number of hydrogen-bond acceptors (Lipinski definition) is 13. The predicted octanol–water partition coefficient (Wildman–Crippen LogP) is 27.1. The Morgan fingerprint density at radius 3 is 1.43 bits per heavy atom. The van der Waals surface area contributed by atoms with Gasteiger partial charge in [-0.3, -0.25) is 13.6 Å². The average molecular weight is 2210 g/mol. The van der Waals surface area contributed by atoms with Crippen LogP contribution < -0.4 is 28.0 Å². The Kier molecular flexibility index (Phi) is 35.2. The summed E-state index contributed by atoms with van der Waals surface area (Å²) in [7, 11) is -0.367. The van der Waals surface area contributed by atoms with E-state index in [0.29, 0.717) is 38.4 Å². The standard InChI is InChI=1S/C21H21BN2O2.C16H11ClN2.C15H9ClN2.C13H10ClIN2O.C13H8ClIN2.C7H8BrN.C6H4ClI.C6H8N2.C3H4.CO2/c1-20(2)21(3,4)26-22(25-20)15-10-9-14-11-12-24-18-8-6-5-7-17(18)23-19(24)16(14)13-15;1-2-5-11-8-9-12(17)10-13(11)16-18-14-6-3-4-7-15(14)19-16;16-11-6-5-10-7-8-18-14-4-2-1-3-13(14)17-15(18)12(10)9-11;14-8-5-6-10(15)9(7-8)13(18)17-12-4-2-1-3-11(12)16;14-8-5-6-10(15)9(7-8)13-16-11-3-1-2-4-12(11)17-13;1-5-3-7(8)9-4-6(5)2;7-5-1-3-6(8)4-2-5;7-5-3-1-2-4-6(5)8;1-3-2;2-1-3/h5-13H,1-4H3;3-4,6-10H,1H3,(H,18,19);1-9H;1-7H,16H2,(H,17,18);1-7H,(H,16,17);3-4H,1-2H3;1-4H;1-4H,7-8H2;1H,2H3;. The number of aromatic amines is 2. The number of nitrogens with two attached hydrogens (primary N) is 3. The van der Waals surface area contributed by atoms with Crippen LogP contribution in [0.2, 0.25) is 25.1 Å². The number of amides is 1. The first-order chi connectivity index (χ1) is 61.9. The first-order valence-corrected chi connectivity index (χ1v) is 45.6. The fourth-order valence-corrected chi connectivity index (χ4v) is 15.6. The van der Waals surface area contributed by atoms with E-state index in [1.165, 1.54) is 14.7 Å². The van der Waals surface area contributed by atoms with Gasteiger partial charge in [0.15, 0.2) is 0 Å².